The fraction of sp³-hybridized carbons (Fsp3) is 0.357. The molecule has 1 aromatic carbocycles. The van der Waals surface area contributed by atoms with E-state index in [-0.39, 0.29) is 0 Å². The second-order valence-electron chi connectivity index (χ2n) is 4.57. The monoisotopic (exact) mass is 227 g/mol. The number of benzene rings is 1. The van der Waals surface area contributed by atoms with Crippen LogP contribution in [0.1, 0.15) is 18.2 Å². The standard InChI is InChI=1S/C14H17N3/c1-3-13-12(9-17(2)16-13)10-4-5-14-11(8-10)6-7-15-14/h4-5,8-9,15H,3,6-7H2,1-2H3. The maximum Gasteiger partial charge on any atom is 0.0700 e. The van der Waals surface area contributed by atoms with Crippen molar-refractivity contribution in [2.75, 3.05) is 11.9 Å². The molecular formula is C14H17N3. The molecule has 2 aromatic rings. The summed E-state index contributed by atoms with van der Waals surface area (Å²) >= 11 is 0. The molecule has 3 nitrogen and oxygen atoms in total. The Balaban J connectivity index is 2.08. The zero-order valence-corrected chi connectivity index (χ0v) is 10.3. The highest BCUT2D eigenvalue weighted by Crippen LogP contribution is 2.30. The molecule has 0 bridgehead atoms. The van der Waals surface area contributed by atoms with Crippen molar-refractivity contribution in [3.63, 3.8) is 0 Å². The maximum absolute atomic E-state index is 4.50. The molecule has 1 N–H and O–H groups in total. The van der Waals surface area contributed by atoms with Crippen molar-refractivity contribution in [3.05, 3.63) is 35.7 Å². The number of nitrogens with zero attached hydrogens (tertiary/aromatic N) is 2. The molecule has 17 heavy (non-hydrogen) atoms. The zero-order chi connectivity index (χ0) is 11.8. The van der Waals surface area contributed by atoms with E-state index in [1.165, 1.54) is 28.1 Å². The summed E-state index contributed by atoms with van der Waals surface area (Å²) in [6.45, 7) is 3.22. The van der Waals surface area contributed by atoms with Crippen LogP contribution in [0.25, 0.3) is 11.1 Å². The van der Waals surface area contributed by atoms with Crippen LogP contribution in [0.15, 0.2) is 24.4 Å². The summed E-state index contributed by atoms with van der Waals surface area (Å²) in [6.07, 6.45) is 4.22. The van der Waals surface area contributed by atoms with Gasteiger partial charge in [-0.2, -0.15) is 5.10 Å². The first kappa shape index (κ1) is 10.4. The third kappa shape index (κ3) is 1.71. The lowest BCUT2D eigenvalue weighted by Gasteiger charge is -2.04. The van der Waals surface area contributed by atoms with Gasteiger partial charge in [-0.1, -0.05) is 13.0 Å². The number of anilines is 1. The van der Waals surface area contributed by atoms with Crippen molar-refractivity contribution in [2.24, 2.45) is 7.05 Å². The molecule has 0 amide bonds. The Morgan fingerprint density at radius 1 is 1.41 bits per heavy atom. The molecule has 0 fully saturated rings. The average Bonchev–Trinajstić information content (AvgIpc) is 2.93. The fourth-order valence-electron chi connectivity index (χ4n) is 2.51. The van der Waals surface area contributed by atoms with Crippen LogP contribution < -0.4 is 5.32 Å². The first-order valence-corrected chi connectivity index (χ1v) is 6.17. The number of rotatable bonds is 2. The maximum atomic E-state index is 4.50. The minimum Gasteiger partial charge on any atom is -0.384 e. The number of aromatic nitrogens is 2. The van der Waals surface area contributed by atoms with E-state index in [0.717, 1.165) is 19.4 Å². The van der Waals surface area contributed by atoms with Gasteiger partial charge in [-0.25, -0.2) is 0 Å². The summed E-state index contributed by atoms with van der Waals surface area (Å²) in [5, 5.41) is 7.89. The van der Waals surface area contributed by atoms with Crippen LogP contribution in [0, 0.1) is 0 Å². The van der Waals surface area contributed by atoms with Gasteiger partial charge in [0.25, 0.3) is 0 Å². The summed E-state index contributed by atoms with van der Waals surface area (Å²) in [5.74, 6) is 0. The Labute approximate surface area is 101 Å². The molecule has 1 aliphatic heterocycles. The number of aryl methyl sites for hydroxylation is 2. The molecular weight excluding hydrogens is 210 g/mol. The Hall–Kier alpha value is -1.77. The van der Waals surface area contributed by atoms with Crippen LogP contribution in [0.4, 0.5) is 5.69 Å². The lowest BCUT2D eigenvalue weighted by Crippen LogP contribution is -1.90. The van der Waals surface area contributed by atoms with Crippen molar-refractivity contribution >= 4 is 5.69 Å². The molecule has 0 saturated carbocycles. The van der Waals surface area contributed by atoms with Crippen LogP contribution in [0.5, 0.6) is 0 Å². The predicted molar refractivity (Wildman–Crippen MR) is 70.2 cm³/mol. The average molecular weight is 227 g/mol. The van der Waals surface area contributed by atoms with E-state index in [4.69, 9.17) is 0 Å². The lowest BCUT2D eigenvalue weighted by molar-refractivity contribution is 0.746. The largest absolute Gasteiger partial charge is 0.384 e. The Morgan fingerprint density at radius 2 is 2.29 bits per heavy atom. The van der Waals surface area contributed by atoms with Crippen molar-refractivity contribution in [1.82, 2.24) is 9.78 Å². The molecule has 3 rings (SSSR count). The smallest absolute Gasteiger partial charge is 0.0700 e. The van der Waals surface area contributed by atoms with Gasteiger partial charge in [-0.05, 0) is 36.1 Å². The van der Waals surface area contributed by atoms with Crippen LogP contribution in [-0.4, -0.2) is 16.3 Å². The summed E-state index contributed by atoms with van der Waals surface area (Å²) in [4.78, 5) is 0. The minimum atomic E-state index is 0.978. The number of hydrogen-bond donors (Lipinski definition) is 1. The van der Waals surface area contributed by atoms with Crippen molar-refractivity contribution in [3.8, 4) is 11.1 Å². The van der Waals surface area contributed by atoms with Gasteiger partial charge in [0, 0.05) is 31.0 Å². The lowest BCUT2D eigenvalue weighted by atomic mass is 10.0. The molecule has 3 heteroatoms. The number of hydrogen-bond acceptors (Lipinski definition) is 2. The summed E-state index contributed by atoms with van der Waals surface area (Å²) in [5.41, 5.74) is 6.45. The van der Waals surface area contributed by atoms with E-state index >= 15 is 0 Å². The SMILES string of the molecule is CCc1nn(C)cc1-c1ccc2c(c1)CCN2. The molecule has 2 heterocycles. The van der Waals surface area contributed by atoms with Crippen LogP contribution >= 0.6 is 0 Å². The Kier molecular flexibility index (Phi) is 2.39. The molecule has 0 unspecified atom stereocenters. The summed E-state index contributed by atoms with van der Waals surface area (Å²) in [6, 6.07) is 6.67. The normalized spacial score (nSPS) is 13.5. The van der Waals surface area contributed by atoms with E-state index in [1.807, 2.05) is 11.7 Å². The van der Waals surface area contributed by atoms with E-state index in [2.05, 4.69) is 41.7 Å². The Bertz CT molecular complexity index is 555. The topological polar surface area (TPSA) is 29.9 Å². The van der Waals surface area contributed by atoms with Crippen LogP contribution in [0.3, 0.4) is 0 Å². The fourth-order valence-corrected chi connectivity index (χ4v) is 2.51. The van der Waals surface area contributed by atoms with Crippen molar-refractivity contribution < 1.29 is 0 Å². The second kappa shape index (κ2) is 3.91. The molecule has 0 atom stereocenters. The summed E-state index contributed by atoms with van der Waals surface area (Å²) < 4.78 is 1.90. The quantitative estimate of drug-likeness (QED) is 0.854. The van der Waals surface area contributed by atoms with Gasteiger partial charge in [0.1, 0.15) is 0 Å². The molecule has 0 radical (unpaired) electrons. The van der Waals surface area contributed by atoms with Crippen molar-refractivity contribution in [1.29, 1.82) is 0 Å². The Morgan fingerprint density at radius 3 is 3.12 bits per heavy atom. The van der Waals surface area contributed by atoms with E-state index in [1.54, 1.807) is 0 Å². The van der Waals surface area contributed by atoms with Crippen LogP contribution in [-0.2, 0) is 19.9 Å². The highest BCUT2D eigenvalue weighted by Gasteiger charge is 2.13. The van der Waals surface area contributed by atoms with Gasteiger partial charge >= 0.3 is 0 Å². The van der Waals surface area contributed by atoms with Gasteiger partial charge in [-0.15, -0.1) is 0 Å². The third-order valence-corrected chi connectivity index (χ3v) is 3.37. The van der Waals surface area contributed by atoms with Gasteiger partial charge in [0.05, 0.1) is 5.69 Å². The van der Waals surface area contributed by atoms with Crippen LogP contribution in [0.2, 0.25) is 0 Å². The van der Waals surface area contributed by atoms with Gasteiger partial charge in [-0.3, -0.25) is 4.68 Å². The van der Waals surface area contributed by atoms with E-state index < -0.39 is 0 Å². The molecule has 88 valence electrons. The predicted octanol–water partition coefficient (Wildman–Crippen LogP) is 2.62. The molecule has 0 aliphatic carbocycles. The van der Waals surface area contributed by atoms with Crippen molar-refractivity contribution in [2.45, 2.75) is 19.8 Å². The minimum absolute atomic E-state index is 0.978. The molecule has 0 saturated heterocycles. The molecule has 1 aliphatic rings. The third-order valence-electron chi connectivity index (χ3n) is 3.37. The van der Waals surface area contributed by atoms with E-state index in [0.29, 0.717) is 0 Å². The zero-order valence-electron chi connectivity index (χ0n) is 10.3. The molecule has 0 spiro atoms. The van der Waals surface area contributed by atoms with E-state index in [9.17, 15) is 0 Å². The van der Waals surface area contributed by atoms with Gasteiger partial charge in [0.15, 0.2) is 0 Å². The van der Waals surface area contributed by atoms with Gasteiger partial charge < -0.3 is 5.32 Å². The highest BCUT2D eigenvalue weighted by molar-refractivity contribution is 5.71. The highest BCUT2D eigenvalue weighted by atomic mass is 15.2. The second-order valence-corrected chi connectivity index (χ2v) is 4.57. The first-order chi connectivity index (χ1) is 8.28. The molecule has 1 aromatic heterocycles. The number of fused-ring (bicyclic) bond motifs is 1. The van der Waals surface area contributed by atoms with Gasteiger partial charge in [0.2, 0.25) is 0 Å². The first-order valence-electron chi connectivity index (χ1n) is 6.17. The summed E-state index contributed by atoms with van der Waals surface area (Å²) in [7, 11) is 1.98. The number of nitrogens with one attached hydrogen (secondary N) is 1.